The highest BCUT2D eigenvalue weighted by atomic mass is 32.2. The van der Waals surface area contributed by atoms with Gasteiger partial charge in [0.15, 0.2) is 5.82 Å². The molecule has 0 spiro atoms. The number of rotatable bonds is 4. The first-order valence-corrected chi connectivity index (χ1v) is 6.70. The molecule has 0 aliphatic carbocycles. The minimum absolute atomic E-state index is 0.0571. The van der Waals surface area contributed by atoms with Gasteiger partial charge in [0, 0.05) is 12.6 Å². The van der Waals surface area contributed by atoms with Crippen LogP contribution in [0.2, 0.25) is 0 Å². The first kappa shape index (κ1) is 11.9. The Bertz CT molecular complexity index is 332. The van der Waals surface area contributed by atoms with Crippen molar-refractivity contribution in [1.82, 2.24) is 10.1 Å². The van der Waals surface area contributed by atoms with Gasteiger partial charge in [0.05, 0.1) is 18.3 Å². The number of ether oxygens (including phenoxy) is 1. The van der Waals surface area contributed by atoms with Gasteiger partial charge in [-0.25, -0.2) is 0 Å². The van der Waals surface area contributed by atoms with Crippen molar-refractivity contribution < 1.29 is 9.26 Å². The van der Waals surface area contributed by atoms with Crippen molar-refractivity contribution >= 4 is 11.8 Å². The number of nitrogens with two attached hydrogens (primary N) is 1. The van der Waals surface area contributed by atoms with Crippen LogP contribution in [0.25, 0.3) is 0 Å². The van der Waals surface area contributed by atoms with E-state index in [-0.39, 0.29) is 12.0 Å². The topological polar surface area (TPSA) is 74.2 Å². The van der Waals surface area contributed by atoms with E-state index in [2.05, 4.69) is 17.1 Å². The fraction of sp³-hybridized carbons (Fsp3) is 0.800. The fourth-order valence-corrected chi connectivity index (χ4v) is 2.18. The molecular weight excluding hydrogens is 226 g/mol. The first-order chi connectivity index (χ1) is 7.81. The molecule has 1 aromatic heterocycles. The number of nitrogens with zero attached hydrogens (tertiary/aromatic N) is 2. The van der Waals surface area contributed by atoms with E-state index in [1.54, 1.807) is 11.8 Å². The lowest BCUT2D eigenvalue weighted by molar-refractivity contribution is 0.0590. The van der Waals surface area contributed by atoms with Gasteiger partial charge in [0.1, 0.15) is 0 Å². The molecular formula is C10H17N3O2S. The lowest BCUT2D eigenvalue weighted by Crippen LogP contribution is -2.37. The normalized spacial score (nSPS) is 25.9. The van der Waals surface area contributed by atoms with Gasteiger partial charge in [-0.15, -0.1) is 0 Å². The third-order valence-electron chi connectivity index (χ3n) is 2.65. The van der Waals surface area contributed by atoms with Crippen LogP contribution in [0.5, 0.6) is 0 Å². The maximum absolute atomic E-state index is 6.01. The molecule has 0 amide bonds. The minimum atomic E-state index is 0.0571. The number of hydrogen-bond acceptors (Lipinski definition) is 6. The summed E-state index contributed by atoms with van der Waals surface area (Å²) in [6.45, 7) is 3.42. The molecule has 1 fully saturated rings. The molecule has 0 radical (unpaired) electrons. The van der Waals surface area contributed by atoms with E-state index >= 15 is 0 Å². The van der Waals surface area contributed by atoms with Gasteiger partial charge in [0.2, 0.25) is 5.89 Å². The van der Waals surface area contributed by atoms with Gasteiger partial charge >= 0.3 is 0 Å². The van der Waals surface area contributed by atoms with E-state index < -0.39 is 0 Å². The summed E-state index contributed by atoms with van der Waals surface area (Å²) in [6, 6.07) is 0.0703. The highest BCUT2D eigenvalue weighted by Gasteiger charge is 2.28. The maximum Gasteiger partial charge on any atom is 0.233 e. The molecule has 2 rings (SSSR count). The summed E-state index contributed by atoms with van der Waals surface area (Å²) in [6.07, 6.45) is 0.853. The van der Waals surface area contributed by atoms with Crippen LogP contribution in [0.1, 0.15) is 31.0 Å². The summed E-state index contributed by atoms with van der Waals surface area (Å²) in [5.74, 6) is 3.28. The molecule has 1 aromatic rings. The van der Waals surface area contributed by atoms with Gasteiger partial charge in [-0.05, 0) is 12.2 Å². The zero-order valence-corrected chi connectivity index (χ0v) is 10.2. The Hall–Kier alpha value is -0.590. The van der Waals surface area contributed by atoms with E-state index in [4.69, 9.17) is 15.0 Å². The lowest BCUT2D eigenvalue weighted by Gasteiger charge is -2.25. The minimum Gasteiger partial charge on any atom is -0.381 e. The Balaban J connectivity index is 1.99. The van der Waals surface area contributed by atoms with Crippen molar-refractivity contribution in [3.05, 3.63) is 11.7 Å². The van der Waals surface area contributed by atoms with Crippen LogP contribution in [0.4, 0.5) is 0 Å². The van der Waals surface area contributed by atoms with Gasteiger partial charge < -0.3 is 15.0 Å². The van der Waals surface area contributed by atoms with Crippen LogP contribution in [0.3, 0.4) is 0 Å². The van der Waals surface area contributed by atoms with Crippen molar-refractivity contribution in [2.24, 2.45) is 5.73 Å². The van der Waals surface area contributed by atoms with Gasteiger partial charge in [0.25, 0.3) is 0 Å². The van der Waals surface area contributed by atoms with Crippen molar-refractivity contribution in [1.29, 1.82) is 0 Å². The highest BCUT2D eigenvalue weighted by Crippen LogP contribution is 2.23. The van der Waals surface area contributed by atoms with Crippen molar-refractivity contribution in [2.75, 3.05) is 19.0 Å². The van der Waals surface area contributed by atoms with E-state index in [1.165, 1.54) is 0 Å². The average Bonchev–Trinajstić information content (AvgIpc) is 2.75. The average molecular weight is 243 g/mol. The molecule has 0 bridgehead atoms. The Kier molecular flexibility index (Phi) is 4.20. The molecule has 2 N–H and O–H groups in total. The van der Waals surface area contributed by atoms with Crippen LogP contribution in [-0.4, -0.2) is 35.1 Å². The summed E-state index contributed by atoms with van der Waals surface area (Å²) in [5.41, 5.74) is 6.01. The Morgan fingerprint density at radius 3 is 3.19 bits per heavy atom. The lowest BCUT2D eigenvalue weighted by atomic mass is 9.97. The molecule has 5 nitrogen and oxygen atoms in total. The second-order valence-corrected chi connectivity index (χ2v) is 5.09. The number of aromatic nitrogens is 2. The van der Waals surface area contributed by atoms with Crippen molar-refractivity contribution in [3.8, 4) is 0 Å². The summed E-state index contributed by atoms with van der Waals surface area (Å²) < 4.78 is 10.6. The zero-order chi connectivity index (χ0) is 11.4. The standard InChI is InChI=1S/C10H17N3O2S/c1-2-16-6-9-12-10(15-13-9)7-5-14-4-3-8(7)11/h7-8H,2-6,11H2,1H3. The number of thioether (sulfide) groups is 1. The largest absolute Gasteiger partial charge is 0.381 e. The van der Waals surface area contributed by atoms with E-state index in [0.717, 1.165) is 30.4 Å². The van der Waals surface area contributed by atoms with Crippen LogP contribution in [0.15, 0.2) is 4.52 Å². The van der Waals surface area contributed by atoms with E-state index in [9.17, 15) is 0 Å². The fourth-order valence-electron chi connectivity index (χ4n) is 1.68. The Morgan fingerprint density at radius 1 is 1.56 bits per heavy atom. The smallest absolute Gasteiger partial charge is 0.233 e. The second kappa shape index (κ2) is 5.65. The predicted octanol–water partition coefficient (Wildman–Crippen LogP) is 1.15. The maximum atomic E-state index is 6.01. The van der Waals surface area contributed by atoms with Gasteiger partial charge in [-0.3, -0.25) is 0 Å². The third-order valence-corrected chi connectivity index (χ3v) is 3.52. The van der Waals surface area contributed by atoms with Crippen LogP contribution in [0, 0.1) is 0 Å². The van der Waals surface area contributed by atoms with Crippen LogP contribution >= 0.6 is 11.8 Å². The zero-order valence-electron chi connectivity index (χ0n) is 9.39. The molecule has 90 valence electrons. The summed E-state index contributed by atoms with van der Waals surface area (Å²) >= 11 is 1.77. The quantitative estimate of drug-likeness (QED) is 0.855. The molecule has 2 unspecified atom stereocenters. The van der Waals surface area contributed by atoms with Gasteiger partial charge in [-0.1, -0.05) is 12.1 Å². The van der Waals surface area contributed by atoms with Gasteiger partial charge in [-0.2, -0.15) is 16.7 Å². The molecule has 16 heavy (non-hydrogen) atoms. The van der Waals surface area contributed by atoms with E-state index in [0.29, 0.717) is 12.5 Å². The second-order valence-electron chi connectivity index (χ2n) is 3.82. The van der Waals surface area contributed by atoms with E-state index in [1.807, 2.05) is 0 Å². The monoisotopic (exact) mass is 243 g/mol. The Morgan fingerprint density at radius 2 is 2.44 bits per heavy atom. The molecule has 1 aliphatic heterocycles. The first-order valence-electron chi connectivity index (χ1n) is 5.54. The summed E-state index contributed by atoms with van der Waals surface area (Å²) in [7, 11) is 0. The molecule has 2 atom stereocenters. The molecule has 0 aromatic carbocycles. The van der Waals surface area contributed by atoms with Crippen molar-refractivity contribution in [3.63, 3.8) is 0 Å². The number of hydrogen-bond donors (Lipinski definition) is 1. The molecule has 2 heterocycles. The summed E-state index contributed by atoms with van der Waals surface area (Å²) in [4.78, 5) is 4.36. The highest BCUT2D eigenvalue weighted by molar-refractivity contribution is 7.98. The molecule has 1 saturated heterocycles. The summed E-state index contributed by atoms with van der Waals surface area (Å²) in [5, 5.41) is 3.95. The third kappa shape index (κ3) is 2.75. The van der Waals surface area contributed by atoms with Crippen LogP contribution < -0.4 is 5.73 Å². The Labute approximate surface area is 99.1 Å². The molecule has 0 saturated carbocycles. The van der Waals surface area contributed by atoms with Crippen LogP contribution in [-0.2, 0) is 10.5 Å². The molecule has 1 aliphatic rings. The molecule has 6 heteroatoms. The van der Waals surface area contributed by atoms with Crippen molar-refractivity contribution in [2.45, 2.75) is 31.1 Å². The SMILES string of the molecule is CCSCc1noc(C2COCCC2N)n1. The predicted molar refractivity (Wildman–Crippen MR) is 62.3 cm³/mol.